The molecule has 31 heavy (non-hydrogen) atoms. The first-order chi connectivity index (χ1) is 15.0. The maximum Gasteiger partial charge on any atom is 0.257 e. The summed E-state index contributed by atoms with van der Waals surface area (Å²) in [4.78, 5) is 17.5. The fourth-order valence-electron chi connectivity index (χ4n) is 3.02. The number of carbonyl (C=O) groups excluding carboxylic acids is 1. The van der Waals surface area contributed by atoms with Crippen molar-refractivity contribution in [2.45, 2.75) is 26.9 Å². The minimum Gasteiger partial charge on any atom is -0.508 e. The normalized spacial score (nSPS) is 12.8. The van der Waals surface area contributed by atoms with Crippen molar-refractivity contribution in [1.82, 2.24) is 5.32 Å². The zero-order valence-corrected chi connectivity index (χ0v) is 17.9. The van der Waals surface area contributed by atoms with Crippen LogP contribution in [0.15, 0.2) is 64.0 Å². The number of phenolic OH excluding ortho intramolecular Hbond substituents is 1. The van der Waals surface area contributed by atoms with Gasteiger partial charge in [-0.2, -0.15) is 0 Å². The van der Waals surface area contributed by atoms with E-state index < -0.39 is 0 Å². The predicted octanol–water partition coefficient (Wildman–Crippen LogP) is 2.63. The Kier molecular flexibility index (Phi) is 7.27. The Morgan fingerprint density at radius 3 is 2.35 bits per heavy atom. The number of carbonyl (C=O) groups is 1. The van der Waals surface area contributed by atoms with Gasteiger partial charge in [-0.25, -0.2) is 4.99 Å². The van der Waals surface area contributed by atoms with Gasteiger partial charge in [0.15, 0.2) is 0 Å². The maximum absolute atomic E-state index is 13.0. The van der Waals surface area contributed by atoms with Gasteiger partial charge in [0.05, 0.1) is 13.7 Å². The van der Waals surface area contributed by atoms with E-state index in [4.69, 9.17) is 9.15 Å². The van der Waals surface area contributed by atoms with Crippen LogP contribution in [0.4, 0.5) is 0 Å². The van der Waals surface area contributed by atoms with Crippen LogP contribution in [0.3, 0.4) is 0 Å². The third-order valence-electron chi connectivity index (χ3n) is 4.79. The van der Waals surface area contributed by atoms with Crippen LogP contribution in [0.25, 0.3) is 12.2 Å². The highest BCUT2D eigenvalue weighted by Crippen LogP contribution is 2.11. The fourth-order valence-corrected chi connectivity index (χ4v) is 3.02. The molecule has 0 fully saturated rings. The van der Waals surface area contributed by atoms with Gasteiger partial charge in [0.1, 0.15) is 22.5 Å². The molecule has 1 aromatic heterocycles. The molecule has 0 aliphatic rings. The molecule has 0 aliphatic heterocycles. The number of aromatic hydroxyl groups is 1. The summed E-state index contributed by atoms with van der Waals surface area (Å²) in [6, 6.07) is 16.1. The first kappa shape index (κ1) is 21.9. The summed E-state index contributed by atoms with van der Waals surface area (Å²) < 4.78 is 11.1. The monoisotopic (exact) mass is 418 g/mol. The first-order valence-electron chi connectivity index (χ1n) is 10.0. The van der Waals surface area contributed by atoms with Gasteiger partial charge in [-0.3, -0.25) is 4.79 Å². The number of amides is 1. The quantitative estimate of drug-likeness (QED) is 0.645. The number of methoxy groups -OCH3 is 1. The second kappa shape index (κ2) is 10.3. The molecule has 0 atom stereocenters. The highest BCUT2D eigenvalue weighted by Gasteiger charge is 2.11. The van der Waals surface area contributed by atoms with Gasteiger partial charge in [0.25, 0.3) is 5.91 Å². The average Bonchev–Trinajstić information content (AvgIpc) is 2.81. The Morgan fingerprint density at radius 1 is 1.06 bits per heavy atom. The second-order valence-electron chi connectivity index (χ2n) is 6.88. The van der Waals surface area contributed by atoms with Gasteiger partial charge in [-0.05, 0) is 61.4 Å². The zero-order valence-electron chi connectivity index (χ0n) is 17.9. The van der Waals surface area contributed by atoms with Crippen LogP contribution in [0.1, 0.15) is 35.3 Å². The number of benzene rings is 2. The lowest BCUT2D eigenvalue weighted by molar-refractivity contribution is 0.0945. The highest BCUT2D eigenvalue weighted by atomic mass is 16.5. The SMILES string of the molecule is C/C=c1/cc(C(=O)NCc2ccc(OC)cc2)c(=NCc2ccc(O)cc2)o/c1=C/C. The molecule has 0 bridgehead atoms. The molecule has 3 rings (SSSR count). The van der Waals surface area contributed by atoms with Crippen molar-refractivity contribution in [2.24, 2.45) is 4.99 Å². The van der Waals surface area contributed by atoms with Crippen molar-refractivity contribution in [1.29, 1.82) is 0 Å². The summed E-state index contributed by atoms with van der Waals surface area (Å²) in [6.07, 6.45) is 3.73. The van der Waals surface area contributed by atoms with Gasteiger partial charge in [-0.15, -0.1) is 0 Å². The fraction of sp³-hybridized carbons (Fsp3) is 0.200. The van der Waals surface area contributed by atoms with Gasteiger partial charge < -0.3 is 19.6 Å². The standard InChI is InChI=1S/C25H26N2O4/c1-4-19-14-22(24(29)26-15-18-8-12-21(30-3)13-9-18)25(31-23(19)5-2)27-16-17-6-10-20(28)11-7-17/h4-14,28H,15-16H2,1-3H3,(H,26,29)/b19-4-,23-5+,27-25?. The molecule has 0 saturated heterocycles. The Hall–Kier alpha value is -3.80. The van der Waals surface area contributed by atoms with Crippen molar-refractivity contribution in [3.05, 3.63) is 87.5 Å². The number of nitrogens with zero attached hydrogens (tertiary/aromatic N) is 1. The van der Waals surface area contributed by atoms with E-state index in [0.29, 0.717) is 24.1 Å². The third kappa shape index (κ3) is 5.63. The van der Waals surface area contributed by atoms with Crippen LogP contribution >= 0.6 is 0 Å². The Balaban J connectivity index is 1.91. The van der Waals surface area contributed by atoms with E-state index in [9.17, 15) is 9.90 Å². The van der Waals surface area contributed by atoms with Gasteiger partial charge in [-0.1, -0.05) is 30.3 Å². The summed E-state index contributed by atoms with van der Waals surface area (Å²) >= 11 is 0. The number of hydrogen-bond acceptors (Lipinski definition) is 5. The molecule has 0 radical (unpaired) electrons. The van der Waals surface area contributed by atoms with E-state index >= 15 is 0 Å². The molecule has 3 aromatic rings. The number of ether oxygens (including phenoxy) is 1. The Labute approximate surface area is 180 Å². The second-order valence-corrected chi connectivity index (χ2v) is 6.88. The minimum atomic E-state index is -0.269. The molecule has 6 heteroatoms. The minimum absolute atomic E-state index is 0.192. The molecule has 1 heterocycles. The number of rotatable bonds is 6. The van der Waals surface area contributed by atoms with Crippen LogP contribution in [0.2, 0.25) is 0 Å². The third-order valence-corrected chi connectivity index (χ3v) is 4.79. The van der Waals surface area contributed by atoms with Crippen molar-refractivity contribution >= 4 is 18.1 Å². The average molecular weight is 418 g/mol. The van der Waals surface area contributed by atoms with Crippen molar-refractivity contribution < 1.29 is 19.1 Å². The van der Waals surface area contributed by atoms with Crippen LogP contribution in [-0.2, 0) is 13.1 Å². The molecular formula is C25H26N2O4. The van der Waals surface area contributed by atoms with Crippen molar-refractivity contribution in [3.8, 4) is 11.5 Å². The lowest BCUT2D eigenvalue weighted by Gasteiger charge is -2.07. The molecule has 0 spiro atoms. The molecule has 0 aliphatic carbocycles. The van der Waals surface area contributed by atoms with E-state index in [1.54, 1.807) is 37.4 Å². The molecular weight excluding hydrogens is 392 g/mol. The van der Waals surface area contributed by atoms with Gasteiger partial charge >= 0.3 is 0 Å². The van der Waals surface area contributed by atoms with Crippen molar-refractivity contribution in [3.63, 3.8) is 0 Å². The smallest absolute Gasteiger partial charge is 0.257 e. The zero-order chi connectivity index (χ0) is 22.2. The highest BCUT2D eigenvalue weighted by molar-refractivity contribution is 5.93. The van der Waals surface area contributed by atoms with Gasteiger partial charge in [0, 0.05) is 11.8 Å². The number of phenols is 1. The Morgan fingerprint density at radius 2 is 1.74 bits per heavy atom. The van der Waals surface area contributed by atoms with E-state index in [1.165, 1.54) is 0 Å². The summed E-state index contributed by atoms with van der Waals surface area (Å²) in [5.74, 6) is 0.686. The Bertz CT molecular complexity index is 1220. The molecule has 0 saturated carbocycles. The molecule has 2 N–H and O–H groups in total. The lowest BCUT2D eigenvalue weighted by Crippen LogP contribution is -2.36. The number of nitrogens with one attached hydrogen (secondary N) is 1. The summed E-state index contributed by atoms with van der Waals surface area (Å²) in [5, 5.41) is 13.2. The summed E-state index contributed by atoms with van der Waals surface area (Å²) in [7, 11) is 1.61. The number of hydrogen-bond donors (Lipinski definition) is 2. The largest absolute Gasteiger partial charge is 0.508 e. The molecule has 1 amide bonds. The molecule has 6 nitrogen and oxygen atoms in total. The molecule has 0 unspecified atom stereocenters. The lowest BCUT2D eigenvalue weighted by atomic mass is 10.2. The maximum atomic E-state index is 13.0. The molecule has 160 valence electrons. The molecule has 2 aromatic carbocycles. The van der Waals surface area contributed by atoms with Crippen molar-refractivity contribution in [2.75, 3.05) is 7.11 Å². The topological polar surface area (TPSA) is 84.1 Å². The van der Waals surface area contributed by atoms with E-state index in [1.807, 2.05) is 50.3 Å². The van der Waals surface area contributed by atoms with E-state index in [0.717, 1.165) is 22.1 Å². The first-order valence-corrected chi connectivity index (χ1v) is 10.0. The van der Waals surface area contributed by atoms with E-state index in [-0.39, 0.29) is 17.2 Å². The van der Waals surface area contributed by atoms with E-state index in [2.05, 4.69) is 10.3 Å². The van der Waals surface area contributed by atoms with Gasteiger partial charge in [0.2, 0.25) is 5.55 Å². The summed E-state index contributed by atoms with van der Waals surface area (Å²) in [5.41, 5.74) is 3.13. The van der Waals surface area contributed by atoms with Crippen LogP contribution in [0.5, 0.6) is 11.5 Å². The predicted molar refractivity (Wildman–Crippen MR) is 120 cm³/mol. The summed E-state index contributed by atoms with van der Waals surface area (Å²) in [6.45, 7) is 4.46. The van der Waals surface area contributed by atoms with Crippen LogP contribution < -0.4 is 26.2 Å². The van der Waals surface area contributed by atoms with Crippen LogP contribution in [-0.4, -0.2) is 18.1 Å². The van der Waals surface area contributed by atoms with Crippen LogP contribution in [0, 0.1) is 0 Å².